The second kappa shape index (κ2) is 5.07. The molecule has 0 aliphatic heterocycles. The van der Waals surface area contributed by atoms with Gasteiger partial charge in [-0.1, -0.05) is 29.3 Å². The fourth-order valence-corrected chi connectivity index (χ4v) is 1.96. The van der Waals surface area contributed by atoms with Gasteiger partial charge < -0.3 is 0 Å². The lowest BCUT2D eigenvalue weighted by atomic mass is 10.1. The van der Waals surface area contributed by atoms with Crippen LogP contribution in [-0.4, -0.2) is 11.6 Å². The first-order chi connectivity index (χ1) is 8.08. The standard InChI is InChI=1S/C12H12Cl2N2O/c1-7(15-16-12(17)8-2-3-8)10-5-4-9(13)6-11(10)14/h4-6,8H,2-3H2,1H3,(H,16,17)/b15-7-. The van der Waals surface area contributed by atoms with Crippen LogP contribution in [0, 0.1) is 5.92 Å². The average molecular weight is 271 g/mol. The van der Waals surface area contributed by atoms with Crippen LogP contribution < -0.4 is 5.43 Å². The van der Waals surface area contributed by atoms with Gasteiger partial charge >= 0.3 is 0 Å². The number of nitrogens with one attached hydrogen (secondary N) is 1. The average Bonchev–Trinajstić information content (AvgIpc) is 3.09. The molecule has 1 aromatic carbocycles. The molecule has 0 aromatic heterocycles. The molecule has 3 nitrogen and oxygen atoms in total. The lowest BCUT2D eigenvalue weighted by Crippen LogP contribution is -2.20. The van der Waals surface area contributed by atoms with E-state index in [4.69, 9.17) is 23.2 Å². The van der Waals surface area contributed by atoms with E-state index in [9.17, 15) is 4.79 Å². The molecule has 0 bridgehead atoms. The molecule has 0 spiro atoms. The van der Waals surface area contributed by atoms with Gasteiger partial charge in [-0.3, -0.25) is 4.79 Å². The van der Waals surface area contributed by atoms with E-state index in [-0.39, 0.29) is 11.8 Å². The molecule has 1 amide bonds. The summed E-state index contributed by atoms with van der Waals surface area (Å²) >= 11 is 11.8. The summed E-state index contributed by atoms with van der Waals surface area (Å²) in [6.45, 7) is 1.79. The Morgan fingerprint density at radius 3 is 2.71 bits per heavy atom. The van der Waals surface area contributed by atoms with E-state index in [0.29, 0.717) is 15.8 Å². The fourth-order valence-electron chi connectivity index (χ4n) is 1.42. The minimum Gasteiger partial charge on any atom is -0.273 e. The van der Waals surface area contributed by atoms with Gasteiger partial charge in [0.15, 0.2) is 0 Å². The number of rotatable bonds is 3. The van der Waals surface area contributed by atoms with Crippen molar-refractivity contribution in [2.45, 2.75) is 19.8 Å². The smallest absolute Gasteiger partial charge is 0.243 e. The predicted molar refractivity (Wildman–Crippen MR) is 69.5 cm³/mol. The molecule has 1 fully saturated rings. The first kappa shape index (κ1) is 12.4. The minimum absolute atomic E-state index is 0.0190. The molecular formula is C12H12Cl2N2O. The Hall–Kier alpha value is -1.06. The highest BCUT2D eigenvalue weighted by molar-refractivity contribution is 6.37. The van der Waals surface area contributed by atoms with Gasteiger partial charge in [-0.05, 0) is 31.9 Å². The summed E-state index contributed by atoms with van der Waals surface area (Å²) in [7, 11) is 0. The molecule has 0 unspecified atom stereocenters. The van der Waals surface area contributed by atoms with Crippen molar-refractivity contribution >= 4 is 34.8 Å². The molecule has 0 radical (unpaired) electrons. The summed E-state index contributed by atoms with van der Waals surface area (Å²) in [5.41, 5.74) is 3.98. The van der Waals surface area contributed by atoms with Gasteiger partial charge in [0.25, 0.3) is 0 Å². The van der Waals surface area contributed by atoms with Gasteiger partial charge in [-0.2, -0.15) is 5.10 Å². The third-order valence-corrected chi connectivity index (χ3v) is 3.15. The molecule has 1 aliphatic rings. The number of nitrogens with zero attached hydrogens (tertiary/aromatic N) is 1. The van der Waals surface area contributed by atoms with Crippen molar-refractivity contribution in [2.24, 2.45) is 11.0 Å². The predicted octanol–water partition coefficient (Wildman–Crippen LogP) is 3.24. The van der Waals surface area contributed by atoms with Crippen molar-refractivity contribution in [3.63, 3.8) is 0 Å². The van der Waals surface area contributed by atoms with Crippen molar-refractivity contribution in [3.8, 4) is 0 Å². The monoisotopic (exact) mass is 270 g/mol. The van der Waals surface area contributed by atoms with Gasteiger partial charge in [0, 0.05) is 16.5 Å². The number of hydrogen-bond acceptors (Lipinski definition) is 2. The van der Waals surface area contributed by atoms with Crippen molar-refractivity contribution in [3.05, 3.63) is 33.8 Å². The van der Waals surface area contributed by atoms with Gasteiger partial charge in [0.2, 0.25) is 5.91 Å². The number of hydrazone groups is 1. The zero-order valence-corrected chi connectivity index (χ0v) is 10.8. The van der Waals surface area contributed by atoms with Gasteiger partial charge in [-0.25, -0.2) is 5.43 Å². The van der Waals surface area contributed by atoms with Crippen molar-refractivity contribution in [1.29, 1.82) is 0 Å². The lowest BCUT2D eigenvalue weighted by molar-refractivity contribution is -0.122. The highest BCUT2D eigenvalue weighted by Crippen LogP contribution is 2.28. The van der Waals surface area contributed by atoms with E-state index < -0.39 is 0 Å². The molecule has 90 valence electrons. The van der Waals surface area contributed by atoms with Crippen LogP contribution in [0.4, 0.5) is 0 Å². The molecule has 1 aliphatic carbocycles. The minimum atomic E-state index is -0.0190. The van der Waals surface area contributed by atoms with Gasteiger partial charge in [0.05, 0.1) is 10.7 Å². The van der Waals surface area contributed by atoms with Crippen molar-refractivity contribution < 1.29 is 4.79 Å². The van der Waals surface area contributed by atoms with Crippen LogP contribution >= 0.6 is 23.2 Å². The molecular weight excluding hydrogens is 259 g/mol. The van der Waals surface area contributed by atoms with Gasteiger partial charge in [0.1, 0.15) is 0 Å². The van der Waals surface area contributed by atoms with Crippen LogP contribution in [0.2, 0.25) is 10.0 Å². The fraction of sp³-hybridized carbons (Fsp3) is 0.333. The first-order valence-corrected chi connectivity index (χ1v) is 6.13. The zero-order valence-electron chi connectivity index (χ0n) is 9.34. The number of carbonyl (C=O) groups is 1. The SMILES string of the molecule is C/C(=N/NC(=O)C1CC1)c1ccc(Cl)cc1Cl. The maximum atomic E-state index is 11.4. The zero-order chi connectivity index (χ0) is 12.4. The second-order valence-electron chi connectivity index (χ2n) is 4.07. The van der Waals surface area contributed by atoms with E-state index >= 15 is 0 Å². The summed E-state index contributed by atoms with van der Waals surface area (Å²) < 4.78 is 0. The summed E-state index contributed by atoms with van der Waals surface area (Å²) in [4.78, 5) is 11.4. The number of hydrogen-bond donors (Lipinski definition) is 1. The van der Waals surface area contributed by atoms with Crippen LogP contribution in [0.1, 0.15) is 25.3 Å². The first-order valence-electron chi connectivity index (χ1n) is 5.37. The number of benzene rings is 1. The molecule has 1 aromatic rings. The summed E-state index contributed by atoms with van der Waals surface area (Å²) in [6.07, 6.45) is 1.92. The molecule has 2 rings (SSSR count). The Morgan fingerprint density at radius 2 is 2.12 bits per heavy atom. The maximum absolute atomic E-state index is 11.4. The third kappa shape index (κ3) is 3.20. The maximum Gasteiger partial charge on any atom is 0.243 e. The summed E-state index contributed by atoms with van der Waals surface area (Å²) in [6, 6.07) is 5.18. The number of halogens is 2. The molecule has 5 heteroatoms. The van der Waals surface area contributed by atoms with Crippen LogP contribution in [0.5, 0.6) is 0 Å². The normalized spacial score (nSPS) is 15.8. The summed E-state index contributed by atoms with van der Waals surface area (Å²) in [5, 5.41) is 5.14. The Morgan fingerprint density at radius 1 is 1.41 bits per heavy atom. The largest absolute Gasteiger partial charge is 0.273 e. The molecule has 0 atom stereocenters. The molecule has 0 saturated heterocycles. The second-order valence-corrected chi connectivity index (χ2v) is 4.92. The number of amides is 1. The summed E-state index contributed by atoms with van der Waals surface area (Å²) in [5.74, 6) is 0.127. The molecule has 1 N–H and O–H groups in total. The number of carbonyl (C=O) groups excluding carboxylic acids is 1. The quantitative estimate of drug-likeness (QED) is 0.665. The molecule has 1 saturated carbocycles. The Labute approximate surface area is 110 Å². The topological polar surface area (TPSA) is 41.5 Å². The molecule has 0 heterocycles. The lowest BCUT2D eigenvalue weighted by Gasteiger charge is -2.04. The van der Waals surface area contributed by atoms with E-state index in [1.54, 1.807) is 25.1 Å². The highest BCUT2D eigenvalue weighted by Gasteiger charge is 2.29. The van der Waals surface area contributed by atoms with E-state index in [0.717, 1.165) is 18.4 Å². The van der Waals surface area contributed by atoms with E-state index in [1.807, 2.05) is 0 Å². The third-order valence-electron chi connectivity index (χ3n) is 2.60. The van der Waals surface area contributed by atoms with Crippen LogP contribution in [-0.2, 0) is 4.79 Å². The Kier molecular flexibility index (Phi) is 3.69. The Bertz CT molecular complexity index is 481. The van der Waals surface area contributed by atoms with Gasteiger partial charge in [-0.15, -0.1) is 0 Å². The van der Waals surface area contributed by atoms with Crippen molar-refractivity contribution in [1.82, 2.24) is 5.43 Å². The van der Waals surface area contributed by atoms with Crippen LogP contribution in [0.3, 0.4) is 0 Å². The van der Waals surface area contributed by atoms with Crippen LogP contribution in [0.15, 0.2) is 23.3 Å². The van der Waals surface area contributed by atoms with Crippen LogP contribution in [0.25, 0.3) is 0 Å². The van der Waals surface area contributed by atoms with Crippen molar-refractivity contribution in [2.75, 3.05) is 0 Å². The van der Waals surface area contributed by atoms with E-state index in [1.165, 1.54) is 0 Å². The van der Waals surface area contributed by atoms with E-state index in [2.05, 4.69) is 10.5 Å². The Balaban J connectivity index is 2.09. The molecule has 17 heavy (non-hydrogen) atoms. The highest BCUT2D eigenvalue weighted by atomic mass is 35.5.